The Hall–Kier alpha value is -0.820. The Bertz CT molecular complexity index is 337. The van der Waals surface area contributed by atoms with E-state index in [9.17, 15) is 0 Å². The molecule has 1 heteroatoms. The Labute approximate surface area is 119 Å². The third kappa shape index (κ3) is 6.24. The molecule has 0 saturated carbocycles. The van der Waals surface area contributed by atoms with E-state index in [1.54, 1.807) is 0 Å². The smallest absolute Gasteiger partial charge is 0.00174 e. The Balaban J connectivity index is 2.61. The van der Waals surface area contributed by atoms with Gasteiger partial charge in [-0.15, -0.1) is 0 Å². The van der Waals surface area contributed by atoms with E-state index in [0.29, 0.717) is 5.92 Å². The van der Waals surface area contributed by atoms with E-state index >= 15 is 0 Å². The lowest BCUT2D eigenvalue weighted by molar-refractivity contribution is 0.388. The molecule has 0 aliphatic rings. The van der Waals surface area contributed by atoms with Crippen molar-refractivity contribution in [1.82, 2.24) is 5.32 Å². The van der Waals surface area contributed by atoms with Crippen molar-refractivity contribution in [3.63, 3.8) is 0 Å². The van der Waals surface area contributed by atoms with E-state index in [1.807, 2.05) is 0 Å². The lowest BCUT2D eigenvalue weighted by Gasteiger charge is -2.20. The van der Waals surface area contributed by atoms with Gasteiger partial charge in [0.2, 0.25) is 0 Å². The van der Waals surface area contributed by atoms with Crippen LogP contribution in [0.15, 0.2) is 24.3 Å². The molecule has 1 aromatic rings. The summed E-state index contributed by atoms with van der Waals surface area (Å²) < 4.78 is 0. The first-order valence-electron chi connectivity index (χ1n) is 7.82. The number of hydrogen-bond acceptors (Lipinski definition) is 1. The Morgan fingerprint density at radius 1 is 1.00 bits per heavy atom. The van der Waals surface area contributed by atoms with Crippen LogP contribution in [0.2, 0.25) is 0 Å². The molecule has 0 saturated heterocycles. The first-order valence-corrected chi connectivity index (χ1v) is 7.82. The van der Waals surface area contributed by atoms with Gasteiger partial charge in [-0.25, -0.2) is 0 Å². The minimum Gasteiger partial charge on any atom is -0.317 e. The van der Waals surface area contributed by atoms with Crippen molar-refractivity contribution in [3.8, 4) is 0 Å². The number of nitrogens with one attached hydrogen (secondary N) is 1. The predicted octanol–water partition coefficient (Wildman–Crippen LogP) is 4.62. The van der Waals surface area contributed by atoms with Crippen molar-refractivity contribution in [2.24, 2.45) is 11.8 Å². The molecule has 108 valence electrons. The van der Waals surface area contributed by atoms with Gasteiger partial charge in [0.25, 0.3) is 0 Å². The second-order valence-corrected chi connectivity index (χ2v) is 6.40. The van der Waals surface area contributed by atoms with Crippen molar-refractivity contribution in [2.45, 2.75) is 53.4 Å². The molecule has 1 nitrogen and oxygen atoms in total. The SMILES string of the molecule is CCNCC(Cc1ccc(C(C)C)cc1)CC(C)C. The topological polar surface area (TPSA) is 12.0 Å². The molecule has 0 radical (unpaired) electrons. The monoisotopic (exact) mass is 261 g/mol. The molecule has 0 aromatic heterocycles. The maximum atomic E-state index is 3.50. The fourth-order valence-corrected chi connectivity index (χ4v) is 2.63. The fraction of sp³-hybridized carbons (Fsp3) is 0.667. The summed E-state index contributed by atoms with van der Waals surface area (Å²) in [6.45, 7) is 13.5. The highest BCUT2D eigenvalue weighted by molar-refractivity contribution is 5.25. The molecule has 0 aliphatic carbocycles. The van der Waals surface area contributed by atoms with Gasteiger partial charge in [-0.1, -0.05) is 58.9 Å². The van der Waals surface area contributed by atoms with Gasteiger partial charge in [-0.2, -0.15) is 0 Å². The second kappa shape index (κ2) is 8.37. The van der Waals surface area contributed by atoms with Gasteiger partial charge in [0.05, 0.1) is 0 Å². The molecule has 1 N–H and O–H groups in total. The van der Waals surface area contributed by atoms with Gasteiger partial charge in [0, 0.05) is 0 Å². The molecule has 1 aromatic carbocycles. The van der Waals surface area contributed by atoms with Gasteiger partial charge in [-0.05, 0) is 54.8 Å². The third-order valence-electron chi connectivity index (χ3n) is 3.66. The van der Waals surface area contributed by atoms with Gasteiger partial charge < -0.3 is 5.32 Å². The van der Waals surface area contributed by atoms with Crippen LogP contribution in [0.3, 0.4) is 0 Å². The van der Waals surface area contributed by atoms with Crippen molar-refractivity contribution >= 4 is 0 Å². The molecule has 1 unspecified atom stereocenters. The van der Waals surface area contributed by atoms with Crippen LogP contribution in [0.1, 0.15) is 58.1 Å². The van der Waals surface area contributed by atoms with Gasteiger partial charge in [0.1, 0.15) is 0 Å². The summed E-state index contributed by atoms with van der Waals surface area (Å²) in [6, 6.07) is 9.21. The fourth-order valence-electron chi connectivity index (χ4n) is 2.63. The summed E-state index contributed by atoms with van der Waals surface area (Å²) in [4.78, 5) is 0. The molecule has 0 spiro atoms. The summed E-state index contributed by atoms with van der Waals surface area (Å²) >= 11 is 0. The molecular weight excluding hydrogens is 230 g/mol. The number of benzene rings is 1. The standard InChI is InChI=1S/C18H31N/c1-6-19-13-17(11-14(2)3)12-16-7-9-18(10-8-16)15(4)5/h7-10,14-15,17,19H,6,11-13H2,1-5H3. The van der Waals surface area contributed by atoms with Crippen LogP contribution in [-0.4, -0.2) is 13.1 Å². The van der Waals surface area contributed by atoms with Crippen LogP contribution >= 0.6 is 0 Å². The first-order chi connectivity index (χ1) is 9.02. The van der Waals surface area contributed by atoms with E-state index in [1.165, 1.54) is 24.0 Å². The lowest BCUT2D eigenvalue weighted by atomic mass is 9.90. The highest BCUT2D eigenvalue weighted by Crippen LogP contribution is 2.19. The Morgan fingerprint density at radius 3 is 2.11 bits per heavy atom. The van der Waals surface area contributed by atoms with E-state index in [0.717, 1.165) is 24.9 Å². The molecule has 1 rings (SSSR count). The Morgan fingerprint density at radius 2 is 1.63 bits per heavy atom. The maximum Gasteiger partial charge on any atom is -0.00174 e. The zero-order valence-corrected chi connectivity index (χ0v) is 13.4. The zero-order valence-electron chi connectivity index (χ0n) is 13.4. The average Bonchev–Trinajstić information content (AvgIpc) is 2.36. The van der Waals surface area contributed by atoms with E-state index < -0.39 is 0 Å². The molecule has 0 bridgehead atoms. The minimum absolute atomic E-state index is 0.627. The first kappa shape index (κ1) is 16.2. The van der Waals surface area contributed by atoms with Crippen molar-refractivity contribution in [1.29, 1.82) is 0 Å². The van der Waals surface area contributed by atoms with Gasteiger partial charge >= 0.3 is 0 Å². The zero-order chi connectivity index (χ0) is 14.3. The van der Waals surface area contributed by atoms with Crippen LogP contribution in [0.5, 0.6) is 0 Å². The van der Waals surface area contributed by atoms with Gasteiger partial charge in [-0.3, -0.25) is 0 Å². The minimum atomic E-state index is 0.627. The number of rotatable bonds is 8. The predicted molar refractivity (Wildman–Crippen MR) is 85.7 cm³/mol. The maximum absolute atomic E-state index is 3.50. The molecule has 0 aliphatic heterocycles. The average molecular weight is 261 g/mol. The lowest BCUT2D eigenvalue weighted by Crippen LogP contribution is -2.25. The molecular formula is C18H31N. The highest BCUT2D eigenvalue weighted by atomic mass is 14.8. The molecule has 0 amide bonds. The van der Waals surface area contributed by atoms with Crippen molar-refractivity contribution in [3.05, 3.63) is 35.4 Å². The molecule has 0 fully saturated rings. The number of hydrogen-bond donors (Lipinski definition) is 1. The van der Waals surface area contributed by atoms with Gasteiger partial charge in [0.15, 0.2) is 0 Å². The molecule has 1 atom stereocenters. The van der Waals surface area contributed by atoms with Crippen LogP contribution in [-0.2, 0) is 6.42 Å². The quantitative estimate of drug-likeness (QED) is 0.719. The van der Waals surface area contributed by atoms with Crippen LogP contribution in [0.25, 0.3) is 0 Å². The molecule has 0 heterocycles. The summed E-state index contributed by atoms with van der Waals surface area (Å²) in [5, 5.41) is 3.50. The van der Waals surface area contributed by atoms with Crippen LogP contribution in [0, 0.1) is 11.8 Å². The Kier molecular flexibility index (Phi) is 7.15. The largest absolute Gasteiger partial charge is 0.317 e. The molecule has 19 heavy (non-hydrogen) atoms. The summed E-state index contributed by atoms with van der Waals surface area (Å²) in [5.74, 6) is 2.16. The van der Waals surface area contributed by atoms with Crippen LogP contribution < -0.4 is 5.32 Å². The van der Waals surface area contributed by atoms with E-state index in [4.69, 9.17) is 0 Å². The summed E-state index contributed by atoms with van der Waals surface area (Å²) in [5.41, 5.74) is 2.92. The van der Waals surface area contributed by atoms with Crippen LogP contribution in [0.4, 0.5) is 0 Å². The van der Waals surface area contributed by atoms with E-state index in [-0.39, 0.29) is 0 Å². The normalized spacial score (nSPS) is 13.2. The van der Waals surface area contributed by atoms with Crippen molar-refractivity contribution < 1.29 is 0 Å². The van der Waals surface area contributed by atoms with Crippen molar-refractivity contribution in [2.75, 3.05) is 13.1 Å². The third-order valence-corrected chi connectivity index (χ3v) is 3.66. The summed E-state index contributed by atoms with van der Waals surface area (Å²) in [7, 11) is 0. The highest BCUT2D eigenvalue weighted by Gasteiger charge is 2.11. The second-order valence-electron chi connectivity index (χ2n) is 6.40. The van der Waals surface area contributed by atoms with E-state index in [2.05, 4.69) is 64.2 Å². The summed E-state index contributed by atoms with van der Waals surface area (Å²) in [6.07, 6.45) is 2.50.